The number of hydrogen-bond donors (Lipinski definition) is 1. The molecule has 0 bridgehead atoms. The topological polar surface area (TPSA) is 23.5 Å². The van der Waals surface area contributed by atoms with Crippen molar-refractivity contribution in [3.8, 4) is 0 Å². The Morgan fingerprint density at radius 3 is 2.19 bits per heavy atom. The summed E-state index contributed by atoms with van der Waals surface area (Å²) in [5, 5.41) is 10.6. The largest absolute Gasteiger partial charge is 0.385 e. The highest BCUT2D eigenvalue weighted by atomic mass is 16.3. The van der Waals surface area contributed by atoms with Gasteiger partial charge in [0.2, 0.25) is 0 Å². The first-order valence-electron chi connectivity index (χ1n) is 6.06. The van der Waals surface area contributed by atoms with E-state index in [4.69, 9.17) is 0 Å². The molecule has 88 valence electrons. The highest BCUT2D eigenvalue weighted by Crippen LogP contribution is 2.37. The lowest BCUT2D eigenvalue weighted by molar-refractivity contribution is -0.0190. The van der Waals surface area contributed by atoms with Gasteiger partial charge in [0.25, 0.3) is 0 Å². The van der Waals surface area contributed by atoms with Crippen molar-refractivity contribution in [2.75, 3.05) is 14.1 Å². The number of hydrogen-bond acceptors (Lipinski definition) is 2. The van der Waals surface area contributed by atoms with Gasteiger partial charge in [-0.1, -0.05) is 30.3 Å². The molecule has 2 rings (SSSR count). The molecule has 0 atom stereocenters. The molecule has 1 aliphatic rings. The van der Waals surface area contributed by atoms with E-state index < -0.39 is 5.60 Å². The van der Waals surface area contributed by atoms with Gasteiger partial charge in [-0.2, -0.15) is 0 Å². The third kappa shape index (κ3) is 2.28. The van der Waals surface area contributed by atoms with Crippen LogP contribution in [0.1, 0.15) is 31.2 Å². The summed E-state index contributed by atoms with van der Waals surface area (Å²) in [6.45, 7) is 0. The van der Waals surface area contributed by atoms with E-state index in [1.807, 2.05) is 30.3 Å². The maximum absolute atomic E-state index is 10.6. The van der Waals surface area contributed by atoms with E-state index in [2.05, 4.69) is 19.0 Å². The Morgan fingerprint density at radius 1 is 1.12 bits per heavy atom. The summed E-state index contributed by atoms with van der Waals surface area (Å²) in [5.41, 5.74) is 0.487. The summed E-state index contributed by atoms with van der Waals surface area (Å²) in [5.74, 6) is 0. The van der Waals surface area contributed by atoms with Crippen LogP contribution in [0.2, 0.25) is 0 Å². The number of rotatable bonds is 2. The summed E-state index contributed by atoms with van der Waals surface area (Å²) < 4.78 is 0. The first kappa shape index (κ1) is 11.6. The Bertz CT molecular complexity index is 326. The molecular weight excluding hydrogens is 198 g/mol. The molecule has 0 unspecified atom stereocenters. The molecule has 1 fully saturated rings. The fraction of sp³-hybridized carbons (Fsp3) is 0.571. The molecule has 2 heteroatoms. The minimum absolute atomic E-state index is 0.590. The van der Waals surface area contributed by atoms with Crippen LogP contribution < -0.4 is 0 Å². The molecule has 0 spiro atoms. The molecule has 0 amide bonds. The van der Waals surface area contributed by atoms with Gasteiger partial charge in [-0.3, -0.25) is 0 Å². The summed E-state index contributed by atoms with van der Waals surface area (Å²) in [7, 11) is 4.25. The second-order valence-electron chi connectivity index (χ2n) is 5.09. The molecule has 1 saturated carbocycles. The summed E-state index contributed by atoms with van der Waals surface area (Å²) >= 11 is 0. The summed E-state index contributed by atoms with van der Waals surface area (Å²) in [6.07, 6.45) is 3.91. The minimum Gasteiger partial charge on any atom is -0.385 e. The van der Waals surface area contributed by atoms with Crippen molar-refractivity contribution in [2.24, 2.45) is 0 Å². The van der Waals surface area contributed by atoms with E-state index in [1.165, 1.54) is 0 Å². The van der Waals surface area contributed by atoms with E-state index in [-0.39, 0.29) is 0 Å². The quantitative estimate of drug-likeness (QED) is 0.825. The van der Waals surface area contributed by atoms with Gasteiger partial charge in [0.1, 0.15) is 0 Å². The Labute approximate surface area is 97.9 Å². The van der Waals surface area contributed by atoms with Crippen LogP contribution in [0.25, 0.3) is 0 Å². The van der Waals surface area contributed by atoms with Crippen molar-refractivity contribution >= 4 is 0 Å². The van der Waals surface area contributed by atoms with Gasteiger partial charge in [0.05, 0.1) is 5.60 Å². The first-order valence-corrected chi connectivity index (χ1v) is 6.06. The van der Waals surface area contributed by atoms with Gasteiger partial charge in [0, 0.05) is 6.04 Å². The molecule has 1 N–H and O–H groups in total. The van der Waals surface area contributed by atoms with Crippen LogP contribution >= 0.6 is 0 Å². The number of benzene rings is 1. The summed E-state index contributed by atoms with van der Waals surface area (Å²) in [4.78, 5) is 2.27. The van der Waals surface area contributed by atoms with Crippen LogP contribution in [0.3, 0.4) is 0 Å². The zero-order chi connectivity index (χ0) is 11.6. The first-order chi connectivity index (χ1) is 7.62. The Kier molecular flexibility index (Phi) is 3.31. The van der Waals surface area contributed by atoms with Crippen LogP contribution in [-0.2, 0) is 5.60 Å². The normalized spacial score (nSPS) is 30.6. The fourth-order valence-electron chi connectivity index (χ4n) is 2.63. The van der Waals surface area contributed by atoms with Crippen molar-refractivity contribution in [1.29, 1.82) is 0 Å². The molecule has 0 saturated heterocycles. The maximum atomic E-state index is 10.6. The van der Waals surface area contributed by atoms with Gasteiger partial charge in [-0.25, -0.2) is 0 Å². The number of aliphatic hydroxyl groups is 1. The third-order valence-electron chi connectivity index (χ3n) is 3.82. The molecule has 0 aromatic heterocycles. The Hall–Kier alpha value is -0.860. The molecule has 2 nitrogen and oxygen atoms in total. The average molecular weight is 219 g/mol. The van der Waals surface area contributed by atoms with Crippen molar-refractivity contribution in [3.63, 3.8) is 0 Å². The van der Waals surface area contributed by atoms with Crippen molar-refractivity contribution in [3.05, 3.63) is 35.9 Å². The minimum atomic E-state index is -0.590. The second kappa shape index (κ2) is 4.56. The standard InChI is InChI=1S/C14H21NO/c1-15(2)13-8-10-14(16,11-9-13)12-6-4-3-5-7-12/h3-7,13,16H,8-11H2,1-2H3. The maximum Gasteiger partial charge on any atom is 0.0897 e. The molecular formula is C14H21NO. The second-order valence-corrected chi connectivity index (χ2v) is 5.09. The number of nitrogens with zero attached hydrogens (tertiary/aromatic N) is 1. The molecule has 0 radical (unpaired) electrons. The predicted molar refractivity (Wildman–Crippen MR) is 66.3 cm³/mol. The smallest absolute Gasteiger partial charge is 0.0897 e. The molecule has 1 aromatic rings. The van der Waals surface area contributed by atoms with Gasteiger partial charge >= 0.3 is 0 Å². The summed E-state index contributed by atoms with van der Waals surface area (Å²) in [6, 6.07) is 10.7. The fourth-order valence-corrected chi connectivity index (χ4v) is 2.63. The molecule has 1 aliphatic carbocycles. The lowest BCUT2D eigenvalue weighted by Crippen LogP contribution is -2.39. The van der Waals surface area contributed by atoms with E-state index in [0.29, 0.717) is 6.04 Å². The molecule has 0 heterocycles. The van der Waals surface area contributed by atoms with Crippen LogP contribution in [0, 0.1) is 0 Å². The predicted octanol–water partition coefficient (Wildman–Crippen LogP) is 2.38. The Morgan fingerprint density at radius 2 is 1.69 bits per heavy atom. The third-order valence-corrected chi connectivity index (χ3v) is 3.82. The molecule has 0 aliphatic heterocycles. The highest BCUT2D eigenvalue weighted by molar-refractivity contribution is 5.22. The van der Waals surface area contributed by atoms with E-state index >= 15 is 0 Å². The van der Waals surface area contributed by atoms with Crippen LogP contribution in [0.15, 0.2) is 30.3 Å². The van der Waals surface area contributed by atoms with Gasteiger partial charge in [-0.15, -0.1) is 0 Å². The lowest BCUT2D eigenvalue weighted by atomic mass is 9.77. The van der Waals surface area contributed by atoms with Crippen LogP contribution in [0.5, 0.6) is 0 Å². The van der Waals surface area contributed by atoms with E-state index in [9.17, 15) is 5.11 Å². The SMILES string of the molecule is CN(C)C1CCC(O)(c2ccccc2)CC1. The van der Waals surface area contributed by atoms with E-state index in [1.54, 1.807) is 0 Å². The zero-order valence-electron chi connectivity index (χ0n) is 10.2. The molecule has 16 heavy (non-hydrogen) atoms. The lowest BCUT2D eigenvalue weighted by Gasteiger charge is -2.38. The van der Waals surface area contributed by atoms with Crippen molar-refractivity contribution in [1.82, 2.24) is 4.90 Å². The van der Waals surface area contributed by atoms with Crippen LogP contribution in [-0.4, -0.2) is 30.1 Å². The van der Waals surface area contributed by atoms with Crippen LogP contribution in [0.4, 0.5) is 0 Å². The monoisotopic (exact) mass is 219 g/mol. The highest BCUT2D eigenvalue weighted by Gasteiger charge is 2.34. The van der Waals surface area contributed by atoms with Gasteiger partial charge in [0.15, 0.2) is 0 Å². The van der Waals surface area contributed by atoms with Crippen molar-refractivity contribution < 1.29 is 5.11 Å². The zero-order valence-corrected chi connectivity index (χ0v) is 10.2. The van der Waals surface area contributed by atoms with Gasteiger partial charge in [-0.05, 0) is 45.3 Å². The Balaban J connectivity index is 2.07. The molecule has 1 aromatic carbocycles. The van der Waals surface area contributed by atoms with Crippen molar-refractivity contribution in [2.45, 2.75) is 37.3 Å². The van der Waals surface area contributed by atoms with Gasteiger partial charge < -0.3 is 10.0 Å². The van der Waals surface area contributed by atoms with E-state index in [0.717, 1.165) is 31.2 Å². The average Bonchev–Trinajstić information content (AvgIpc) is 2.31.